The van der Waals surface area contributed by atoms with Crippen molar-refractivity contribution in [3.63, 3.8) is 0 Å². The predicted octanol–water partition coefficient (Wildman–Crippen LogP) is 8.19. The van der Waals surface area contributed by atoms with Crippen molar-refractivity contribution in [1.29, 1.82) is 0 Å². The molecule has 0 spiro atoms. The minimum absolute atomic E-state index is 1.17. The second-order valence-electron chi connectivity index (χ2n) is 8.76. The number of nitrogens with zero attached hydrogens (tertiary/aromatic N) is 2. The lowest BCUT2D eigenvalue weighted by Gasteiger charge is -2.13. The number of aryl methyl sites for hydroxylation is 1. The maximum absolute atomic E-state index is 2.40. The number of hydrogen-bond acceptors (Lipinski definition) is 0. The van der Waals surface area contributed by atoms with Gasteiger partial charge in [-0.25, -0.2) is 0 Å². The van der Waals surface area contributed by atoms with E-state index >= 15 is 0 Å². The third kappa shape index (κ3) is 2.61. The molecule has 0 saturated heterocycles. The van der Waals surface area contributed by atoms with Gasteiger partial charge in [0.1, 0.15) is 0 Å². The highest BCUT2D eigenvalue weighted by molar-refractivity contribution is 6.10. The Labute approximate surface area is 191 Å². The molecule has 5 aromatic carbocycles. The van der Waals surface area contributed by atoms with E-state index in [0.29, 0.717) is 0 Å². The number of fused-ring (bicyclic) bond motifs is 6. The van der Waals surface area contributed by atoms with Gasteiger partial charge in [0.25, 0.3) is 0 Å². The van der Waals surface area contributed by atoms with E-state index in [4.69, 9.17) is 0 Å². The molecule has 0 saturated carbocycles. The molecule has 7 aromatic rings. The number of para-hydroxylation sites is 3. The molecule has 2 nitrogen and oxygen atoms in total. The van der Waals surface area contributed by atoms with Crippen molar-refractivity contribution in [2.24, 2.45) is 0 Å². The lowest BCUT2D eigenvalue weighted by molar-refractivity contribution is 1.13. The minimum atomic E-state index is 1.17. The van der Waals surface area contributed by atoms with Crippen LogP contribution in [-0.4, -0.2) is 9.13 Å². The fraction of sp³-hybridized carbons (Fsp3) is 0.0323. The van der Waals surface area contributed by atoms with Crippen LogP contribution < -0.4 is 0 Å². The summed E-state index contributed by atoms with van der Waals surface area (Å²) in [5.74, 6) is 0. The second-order valence-corrected chi connectivity index (χ2v) is 8.76. The van der Waals surface area contributed by atoms with E-state index in [0.717, 1.165) is 0 Å². The summed E-state index contributed by atoms with van der Waals surface area (Å²) in [6.45, 7) is 2.16. The Kier molecular flexibility index (Phi) is 3.80. The van der Waals surface area contributed by atoms with Crippen LogP contribution in [0.5, 0.6) is 0 Å². The van der Waals surface area contributed by atoms with E-state index < -0.39 is 0 Å². The molecule has 0 N–H and O–H groups in total. The van der Waals surface area contributed by atoms with Crippen molar-refractivity contribution in [3.8, 4) is 11.4 Å². The van der Waals surface area contributed by atoms with Crippen molar-refractivity contribution < 1.29 is 0 Å². The Bertz CT molecular complexity index is 1780. The molecule has 0 aliphatic heterocycles. The van der Waals surface area contributed by atoms with Gasteiger partial charge in [-0.15, -0.1) is 0 Å². The first kappa shape index (κ1) is 18.3. The van der Waals surface area contributed by atoms with Crippen LogP contribution in [0.4, 0.5) is 0 Å². The largest absolute Gasteiger partial charge is 0.309 e. The summed E-state index contributed by atoms with van der Waals surface area (Å²) in [7, 11) is 0. The molecule has 0 radical (unpaired) electrons. The standard InChI is InChI=1S/C31H22N2/c1-21-17-18-27-26-13-4-7-16-30(26)33(31(27)19-21)23-10-8-9-22(20-23)32-28-14-5-2-11-24(28)25-12-3-6-15-29(25)32/h2-20H,1H3. The van der Waals surface area contributed by atoms with Crippen LogP contribution in [0.25, 0.3) is 55.0 Å². The van der Waals surface area contributed by atoms with Crippen LogP contribution in [0.2, 0.25) is 0 Å². The van der Waals surface area contributed by atoms with Crippen LogP contribution in [0.15, 0.2) is 115 Å². The molecular weight excluding hydrogens is 400 g/mol. The van der Waals surface area contributed by atoms with Crippen molar-refractivity contribution in [3.05, 3.63) is 121 Å². The third-order valence-corrected chi connectivity index (χ3v) is 6.76. The van der Waals surface area contributed by atoms with Gasteiger partial charge in [0.2, 0.25) is 0 Å². The summed E-state index contributed by atoms with van der Waals surface area (Å²) >= 11 is 0. The van der Waals surface area contributed by atoms with Gasteiger partial charge in [-0.2, -0.15) is 0 Å². The number of benzene rings is 5. The molecule has 0 amide bonds. The molecule has 2 aromatic heterocycles. The number of hydrogen-bond donors (Lipinski definition) is 0. The van der Waals surface area contributed by atoms with E-state index in [9.17, 15) is 0 Å². The van der Waals surface area contributed by atoms with Crippen molar-refractivity contribution in [2.75, 3.05) is 0 Å². The molecule has 0 atom stereocenters. The molecule has 33 heavy (non-hydrogen) atoms. The molecule has 0 unspecified atom stereocenters. The molecule has 2 heterocycles. The lowest BCUT2D eigenvalue weighted by atomic mass is 10.1. The normalized spacial score (nSPS) is 11.8. The third-order valence-electron chi connectivity index (χ3n) is 6.76. The van der Waals surface area contributed by atoms with Gasteiger partial charge in [0.05, 0.1) is 22.1 Å². The zero-order valence-corrected chi connectivity index (χ0v) is 18.4. The highest BCUT2D eigenvalue weighted by Gasteiger charge is 2.15. The quantitative estimate of drug-likeness (QED) is 0.266. The number of aromatic nitrogens is 2. The molecule has 7 rings (SSSR count). The SMILES string of the molecule is Cc1ccc2c3ccccc3n(-c3cccc(-n4c5ccccc5c5ccccc54)c3)c2c1. The first-order chi connectivity index (χ1) is 16.3. The Morgan fingerprint density at radius 3 is 1.39 bits per heavy atom. The topological polar surface area (TPSA) is 9.86 Å². The van der Waals surface area contributed by atoms with E-state index in [1.165, 1.54) is 60.5 Å². The Morgan fingerprint density at radius 2 is 0.848 bits per heavy atom. The zero-order chi connectivity index (χ0) is 21.9. The van der Waals surface area contributed by atoms with E-state index in [1.54, 1.807) is 0 Å². The first-order valence-corrected chi connectivity index (χ1v) is 11.4. The summed E-state index contributed by atoms with van der Waals surface area (Å²) in [6, 6.07) is 41.7. The first-order valence-electron chi connectivity index (χ1n) is 11.4. The molecule has 0 aliphatic rings. The molecule has 0 aliphatic carbocycles. The van der Waals surface area contributed by atoms with Gasteiger partial charge in [-0.05, 0) is 55.0 Å². The molecular formula is C31H22N2. The summed E-state index contributed by atoms with van der Waals surface area (Å²) < 4.78 is 4.78. The highest BCUT2D eigenvalue weighted by Crippen LogP contribution is 2.35. The van der Waals surface area contributed by atoms with E-state index in [-0.39, 0.29) is 0 Å². The van der Waals surface area contributed by atoms with Gasteiger partial charge < -0.3 is 9.13 Å². The predicted molar refractivity (Wildman–Crippen MR) is 140 cm³/mol. The average Bonchev–Trinajstić information content (AvgIpc) is 3.37. The summed E-state index contributed by atoms with van der Waals surface area (Å²) in [4.78, 5) is 0. The molecule has 0 fully saturated rings. The van der Waals surface area contributed by atoms with E-state index in [2.05, 4.69) is 131 Å². The van der Waals surface area contributed by atoms with Crippen molar-refractivity contribution in [1.82, 2.24) is 9.13 Å². The lowest BCUT2D eigenvalue weighted by Crippen LogP contribution is -1.98. The van der Waals surface area contributed by atoms with Gasteiger partial charge >= 0.3 is 0 Å². The second kappa shape index (κ2) is 6.85. The smallest absolute Gasteiger partial charge is 0.0543 e. The zero-order valence-electron chi connectivity index (χ0n) is 18.4. The van der Waals surface area contributed by atoms with Crippen LogP contribution in [-0.2, 0) is 0 Å². The van der Waals surface area contributed by atoms with Crippen molar-refractivity contribution >= 4 is 43.6 Å². The summed E-state index contributed by atoms with van der Waals surface area (Å²) in [6.07, 6.45) is 0. The Morgan fingerprint density at radius 1 is 0.394 bits per heavy atom. The van der Waals surface area contributed by atoms with Gasteiger partial charge in [0, 0.05) is 32.9 Å². The average molecular weight is 423 g/mol. The minimum Gasteiger partial charge on any atom is -0.309 e. The molecule has 0 bridgehead atoms. The summed E-state index contributed by atoms with van der Waals surface area (Å²) in [5.41, 5.74) is 8.55. The maximum atomic E-state index is 2.40. The van der Waals surface area contributed by atoms with E-state index in [1.807, 2.05) is 0 Å². The van der Waals surface area contributed by atoms with Gasteiger partial charge in [0.15, 0.2) is 0 Å². The van der Waals surface area contributed by atoms with Gasteiger partial charge in [-0.3, -0.25) is 0 Å². The van der Waals surface area contributed by atoms with Crippen LogP contribution in [0, 0.1) is 6.92 Å². The van der Waals surface area contributed by atoms with Gasteiger partial charge in [-0.1, -0.05) is 72.8 Å². The Balaban J connectivity index is 1.56. The van der Waals surface area contributed by atoms with Crippen LogP contribution in [0.1, 0.15) is 5.56 Å². The van der Waals surface area contributed by atoms with Crippen molar-refractivity contribution in [2.45, 2.75) is 6.92 Å². The monoisotopic (exact) mass is 422 g/mol. The maximum Gasteiger partial charge on any atom is 0.0543 e. The van der Waals surface area contributed by atoms with Crippen LogP contribution >= 0.6 is 0 Å². The molecule has 156 valence electrons. The Hall–Kier alpha value is -4.30. The van der Waals surface area contributed by atoms with Crippen LogP contribution in [0.3, 0.4) is 0 Å². The molecule has 2 heteroatoms. The highest BCUT2D eigenvalue weighted by atomic mass is 15.0. The fourth-order valence-electron chi connectivity index (χ4n) is 5.33. The fourth-order valence-corrected chi connectivity index (χ4v) is 5.33. The summed E-state index contributed by atoms with van der Waals surface area (Å²) in [5, 5.41) is 5.14. The number of rotatable bonds is 2.